The van der Waals surface area contributed by atoms with E-state index in [0.29, 0.717) is 17.2 Å². The third-order valence-electron chi connectivity index (χ3n) is 2.26. The zero-order valence-corrected chi connectivity index (χ0v) is 10.9. The van der Waals surface area contributed by atoms with E-state index in [4.69, 9.17) is 19.7 Å². The number of hydrogen-bond acceptors (Lipinski definition) is 5. The van der Waals surface area contributed by atoms with E-state index in [1.165, 1.54) is 0 Å². The fraction of sp³-hybridized carbons (Fsp3) is 0.182. The van der Waals surface area contributed by atoms with Gasteiger partial charge in [0.1, 0.15) is 17.2 Å². The monoisotopic (exact) mass is 298 g/mol. The molecule has 0 unspecified atom stereocenters. The number of anilines is 1. The maximum atomic E-state index is 5.50. The number of rotatable bonds is 3. The Labute approximate surface area is 107 Å². The number of benzene rings is 1. The number of nitrogens with two attached hydrogens (primary N) is 1. The number of halogens is 1. The van der Waals surface area contributed by atoms with Gasteiger partial charge in [-0.25, -0.2) is 0 Å². The summed E-state index contributed by atoms with van der Waals surface area (Å²) >= 11 is 3.41. The van der Waals surface area contributed by atoms with E-state index in [-0.39, 0.29) is 5.88 Å². The van der Waals surface area contributed by atoms with Crippen LogP contribution in [0.2, 0.25) is 0 Å². The van der Waals surface area contributed by atoms with Crippen LogP contribution < -0.4 is 15.2 Å². The summed E-state index contributed by atoms with van der Waals surface area (Å²) in [6, 6.07) is 5.25. The van der Waals surface area contributed by atoms with Gasteiger partial charge in [0.15, 0.2) is 0 Å². The van der Waals surface area contributed by atoms with E-state index in [1.807, 2.05) is 6.07 Å². The lowest BCUT2D eigenvalue weighted by atomic mass is 10.1. The second-order valence-corrected chi connectivity index (χ2v) is 4.16. The van der Waals surface area contributed by atoms with Crippen LogP contribution in [0.25, 0.3) is 11.3 Å². The molecule has 6 heteroatoms. The molecule has 0 aliphatic carbocycles. The Balaban J connectivity index is 2.61. The summed E-state index contributed by atoms with van der Waals surface area (Å²) < 4.78 is 16.1. The second-order valence-electron chi connectivity index (χ2n) is 3.30. The molecule has 0 saturated heterocycles. The van der Waals surface area contributed by atoms with Gasteiger partial charge in [-0.1, -0.05) is 5.16 Å². The van der Waals surface area contributed by atoms with Gasteiger partial charge in [-0.2, -0.15) is 0 Å². The summed E-state index contributed by atoms with van der Waals surface area (Å²) in [6.07, 6.45) is 0. The van der Waals surface area contributed by atoms with Gasteiger partial charge in [0, 0.05) is 6.07 Å². The van der Waals surface area contributed by atoms with E-state index in [0.717, 1.165) is 10.0 Å². The molecule has 2 rings (SSSR count). The van der Waals surface area contributed by atoms with E-state index >= 15 is 0 Å². The normalized spacial score (nSPS) is 10.3. The average molecular weight is 299 g/mol. The van der Waals surface area contributed by atoms with Crippen LogP contribution in [-0.4, -0.2) is 19.4 Å². The Morgan fingerprint density at radius 3 is 2.53 bits per heavy atom. The van der Waals surface area contributed by atoms with E-state index in [9.17, 15) is 0 Å². The third kappa shape index (κ3) is 2.21. The molecule has 5 nitrogen and oxygen atoms in total. The van der Waals surface area contributed by atoms with Gasteiger partial charge in [-0.3, -0.25) is 0 Å². The molecule has 0 aliphatic rings. The molecule has 0 spiro atoms. The second kappa shape index (κ2) is 4.67. The SMILES string of the molecule is COc1cc(Br)c(OC)c(-c2cc(N)on2)c1. The highest BCUT2D eigenvalue weighted by Crippen LogP contribution is 2.39. The summed E-state index contributed by atoms with van der Waals surface area (Å²) in [5.74, 6) is 1.59. The van der Waals surface area contributed by atoms with Crippen LogP contribution in [0.1, 0.15) is 0 Å². The number of ether oxygens (including phenoxy) is 2. The summed E-state index contributed by atoms with van der Waals surface area (Å²) in [4.78, 5) is 0. The lowest BCUT2D eigenvalue weighted by Crippen LogP contribution is -1.92. The number of hydrogen-bond donors (Lipinski definition) is 1. The molecule has 90 valence electrons. The number of nitrogen functional groups attached to an aromatic ring is 1. The van der Waals surface area contributed by atoms with Gasteiger partial charge >= 0.3 is 0 Å². The smallest absolute Gasteiger partial charge is 0.222 e. The zero-order valence-electron chi connectivity index (χ0n) is 9.36. The highest BCUT2D eigenvalue weighted by molar-refractivity contribution is 9.10. The molecule has 1 aromatic heterocycles. The van der Waals surface area contributed by atoms with Gasteiger partial charge in [0.05, 0.1) is 24.3 Å². The van der Waals surface area contributed by atoms with Crippen molar-refractivity contribution in [2.75, 3.05) is 20.0 Å². The van der Waals surface area contributed by atoms with E-state index in [1.54, 1.807) is 26.4 Å². The van der Waals surface area contributed by atoms with Crippen LogP contribution in [0.15, 0.2) is 27.2 Å². The molecule has 2 aromatic rings. The number of aromatic nitrogens is 1. The summed E-state index contributed by atoms with van der Waals surface area (Å²) in [5.41, 5.74) is 6.85. The Morgan fingerprint density at radius 2 is 2.00 bits per heavy atom. The third-order valence-corrected chi connectivity index (χ3v) is 2.85. The van der Waals surface area contributed by atoms with E-state index < -0.39 is 0 Å². The van der Waals surface area contributed by atoms with Crippen molar-refractivity contribution in [3.05, 3.63) is 22.7 Å². The van der Waals surface area contributed by atoms with Gasteiger partial charge in [0.25, 0.3) is 0 Å². The quantitative estimate of drug-likeness (QED) is 0.943. The molecule has 0 saturated carbocycles. The molecule has 1 heterocycles. The first-order valence-electron chi connectivity index (χ1n) is 4.79. The topological polar surface area (TPSA) is 70.5 Å². The zero-order chi connectivity index (χ0) is 12.4. The predicted octanol–water partition coefficient (Wildman–Crippen LogP) is 2.70. The van der Waals surface area contributed by atoms with Crippen LogP contribution in [0, 0.1) is 0 Å². The molecular weight excluding hydrogens is 288 g/mol. The fourth-order valence-electron chi connectivity index (χ4n) is 1.50. The van der Waals surface area contributed by atoms with Gasteiger partial charge in [-0.05, 0) is 28.1 Å². The Hall–Kier alpha value is -1.69. The average Bonchev–Trinajstić information content (AvgIpc) is 2.74. The van der Waals surface area contributed by atoms with E-state index in [2.05, 4.69) is 21.1 Å². The minimum atomic E-state index is 0.251. The number of methoxy groups -OCH3 is 2. The minimum Gasteiger partial charge on any atom is -0.497 e. The largest absolute Gasteiger partial charge is 0.497 e. The van der Waals surface area contributed by atoms with Crippen LogP contribution in [-0.2, 0) is 0 Å². The molecule has 17 heavy (non-hydrogen) atoms. The molecule has 2 N–H and O–H groups in total. The standard InChI is InChI=1S/C11H11BrN2O3/c1-15-6-3-7(9-5-10(13)17-14-9)11(16-2)8(12)4-6/h3-5H,13H2,1-2H3. The minimum absolute atomic E-state index is 0.251. The number of nitrogens with zero attached hydrogens (tertiary/aromatic N) is 1. The molecular formula is C11H11BrN2O3. The predicted molar refractivity (Wildman–Crippen MR) is 67.2 cm³/mol. The lowest BCUT2D eigenvalue weighted by Gasteiger charge is -2.10. The maximum Gasteiger partial charge on any atom is 0.222 e. The molecule has 0 amide bonds. The van der Waals surface area contributed by atoms with Crippen molar-refractivity contribution < 1.29 is 14.0 Å². The van der Waals surface area contributed by atoms with Crippen molar-refractivity contribution in [1.82, 2.24) is 5.16 Å². The van der Waals surface area contributed by atoms with Crippen LogP contribution in [0.3, 0.4) is 0 Å². The molecule has 0 aliphatic heterocycles. The summed E-state index contributed by atoms with van der Waals surface area (Å²) in [6.45, 7) is 0. The van der Waals surface area contributed by atoms with Crippen LogP contribution in [0.4, 0.5) is 5.88 Å². The Kier molecular flexibility index (Phi) is 3.23. The van der Waals surface area contributed by atoms with Crippen LogP contribution in [0.5, 0.6) is 11.5 Å². The molecule has 1 aromatic carbocycles. The molecule has 0 atom stereocenters. The summed E-state index contributed by atoms with van der Waals surface area (Å²) in [7, 11) is 3.18. The van der Waals surface area contributed by atoms with Gasteiger partial charge in [-0.15, -0.1) is 0 Å². The highest BCUT2D eigenvalue weighted by Gasteiger charge is 2.15. The first kappa shape index (κ1) is 11.8. The molecule has 0 fully saturated rings. The Bertz CT molecular complexity index is 540. The van der Waals surface area contributed by atoms with Crippen molar-refractivity contribution in [3.8, 4) is 22.8 Å². The molecule has 0 bridgehead atoms. The van der Waals surface area contributed by atoms with Crippen molar-refractivity contribution in [3.63, 3.8) is 0 Å². The first-order valence-corrected chi connectivity index (χ1v) is 5.59. The van der Waals surface area contributed by atoms with Gasteiger partial charge in [0.2, 0.25) is 5.88 Å². The fourth-order valence-corrected chi connectivity index (χ4v) is 2.10. The van der Waals surface area contributed by atoms with Crippen LogP contribution >= 0.6 is 15.9 Å². The van der Waals surface area contributed by atoms with Gasteiger partial charge < -0.3 is 19.7 Å². The summed E-state index contributed by atoms with van der Waals surface area (Å²) in [5, 5.41) is 3.85. The van der Waals surface area contributed by atoms with Crippen molar-refractivity contribution in [2.45, 2.75) is 0 Å². The van der Waals surface area contributed by atoms with Crippen molar-refractivity contribution in [2.24, 2.45) is 0 Å². The highest BCUT2D eigenvalue weighted by atomic mass is 79.9. The first-order chi connectivity index (χ1) is 8.15. The molecule has 0 radical (unpaired) electrons. The Morgan fingerprint density at radius 1 is 1.24 bits per heavy atom. The van der Waals surface area contributed by atoms with Crippen molar-refractivity contribution in [1.29, 1.82) is 0 Å². The van der Waals surface area contributed by atoms with Crippen molar-refractivity contribution >= 4 is 21.8 Å². The maximum absolute atomic E-state index is 5.50. The lowest BCUT2D eigenvalue weighted by molar-refractivity contribution is 0.401.